The molecule has 4 fully saturated rings. The van der Waals surface area contributed by atoms with Gasteiger partial charge in [-0.05, 0) is 104 Å². The van der Waals surface area contributed by atoms with Gasteiger partial charge in [0.05, 0.1) is 0 Å². The second-order valence-corrected chi connectivity index (χ2v) is 10.9. The molecule has 5 nitrogen and oxygen atoms in total. The van der Waals surface area contributed by atoms with Gasteiger partial charge in [-0.2, -0.15) is 0 Å². The zero-order chi connectivity index (χ0) is 22.4. The Morgan fingerprint density at radius 2 is 1.67 bits per heavy atom. The first-order valence-electron chi connectivity index (χ1n) is 12.1. The van der Waals surface area contributed by atoms with Crippen LogP contribution in [-0.2, 0) is 11.3 Å². The molecule has 4 aliphatic carbocycles. The highest BCUT2D eigenvalue weighted by atomic mass is 32.1. The van der Waals surface area contributed by atoms with E-state index in [4.69, 9.17) is 16.6 Å². The SMILES string of the molecule is O=C(CC12CC3CC(CC(C3)C1)C2)NC(=S)NCc1ccc(-c2nc3ccccc3o2)cc1. The summed E-state index contributed by atoms with van der Waals surface area (Å²) in [4.78, 5) is 17.3. The van der Waals surface area contributed by atoms with E-state index in [1.807, 2.05) is 48.5 Å². The molecule has 1 amide bonds. The fourth-order valence-corrected chi connectivity index (χ4v) is 7.19. The molecule has 170 valence electrons. The molecule has 0 saturated heterocycles. The van der Waals surface area contributed by atoms with Crippen molar-refractivity contribution in [3.63, 3.8) is 0 Å². The van der Waals surface area contributed by atoms with E-state index in [0.29, 0.717) is 24.0 Å². The molecule has 1 aromatic heterocycles. The van der Waals surface area contributed by atoms with Gasteiger partial charge in [-0.3, -0.25) is 4.79 Å². The maximum Gasteiger partial charge on any atom is 0.227 e. The van der Waals surface area contributed by atoms with Gasteiger partial charge in [0.25, 0.3) is 0 Å². The molecular formula is C27H29N3O2S. The van der Waals surface area contributed by atoms with Crippen molar-refractivity contribution in [1.82, 2.24) is 15.6 Å². The molecule has 2 N–H and O–H groups in total. The topological polar surface area (TPSA) is 67.2 Å². The normalized spacial score (nSPS) is 27.6. The number of thiocarbonyl (C=S) groups is 1. The number of rotatable bonds is 5. The van der Waals surface area contributed by atoms with Crippen LogP contribution in [0.3, 0.4) is 0 Å². The van der Waals surface area contributed by atoms with Crippen LogP contribution < -0.4 is 10.6 Å². The Morgan fingerprint density at radius 1 is 1.00 bits per heavy atom. The van der Waals surface area contributed by atoms with Gasteiger partial charge in [0, 0.05) is 18.5 Å². The summed E-state index contributed by atoms with van der Waals surface area (Å²) in [7, 11) is 0. The molecule has 0 aliphatic heterocycles. The first kappa shape index (κ1) is 20.8. The van der Waals surface area contributed by atoms with Crippen LogP contribution in [0.5, 0.6) is 0 Å². The minimum Gasteiger partial charge on any atom is -0.436 e. The average Bonchev–Trinajstić information content (AvgIpc) is 3.21. The van der Waals surface area contributed by atoms with Crippen LogP contribution in [0.25, 0.3) is 22.6 Å². The number of nitrogens with zero attached hydrogens (tertiary/aromatic N) is 1. The van der Waals surface area contributed by atoms with Crippen LogP contribution in [0.2, 0.25) is 0 Å². The van der Waals surface area contributed by atoms with Crippen molar-refractivity contribution in [2.24, 2.45) is 23.2 Å². The van der Waals surface area contributed by atoms with Gasteiger partial charge in [0.2, 0.25) is 11.8 Å². The largest absolute Gasteiger partial charge is 0.436 e. The monoisotopic (exact) mass is 459 g/mol. The lowest BCUT2D eigenvalue weighted by Crippen LogP contribution is -2.49. The van der Waals surface area contributed by atoms with Gasteiger partial charge in [0.1, 0.15) is 5.52 Å². The van der Waals surface area contributed by atoms with E-state index < -0.39 is 0 Å². The third kappa shape index (κ3) is 4.29. The highest BCUT2D eigenvalue weighted by Crippen LogP contribution is 2.61. The van der Waals surface area contributed by atoms with Crippen molar-refractivity contribution >= 4 is 34.3 Å². The summed E-state index contributed by atoms with van der Waals surface area (Å²) in [6, 6.07) is 15.8. The number of hydrogen-bond acceptors (Lipinski definition) is 4. The number of amides is 1. The van der Waals surface area contributed by atoms with Crippen molar-refractivity contribution < 1.29 is 9.21 Å². The molecule has 4 aliphatic rings. The number of carbonyl (C=O) groups excluding carboxylic acids is 1. The number of fused-ring (bicyclic) bond motifs is 1. The minimum absolute atomic E-state index is 0.0701. The highest BCUT2D eigenvalue weighted by molar-refractivity contribution is 7.80. The molecule has 3 aromatic rings. The summed E-state index contributed by atoms with van der Waals surface area (Å²) in [6.07, 6.45) is 8.51. The molecular weight excluding hydrogens is 430 g/mol. The van der Waals surface area contributed by atoms with Crippen molar-refractivity contribution in [3.05, 3.63) is 54.1 Å². The third-order valence-electron chi connectivity index (χ3n) is 7.90. The van der Waals surface area contributed by atoms with Gasteiger partial charge in [0.15, 0.2) is 10.7 Å². The molecule has 0 spiro atoms. The maximum absolute atomic E-state index is 12.8. The summed E-state index contributed by atoms with van der Waals surface area (Å²) < 4.78 is 5.84. The summed E-state index contributed by atoms with van der Waals surface area (Å²) in [5, 5.41) is 6.52. The summed E-state index contributed by atoms with van der Waals surface area (Å²) >= 11 is 5.41. The minimum atomic E-state index is 0.0701. The molecule has 0 radical (unpaired) electrons. The van der Waals surface area contributed by atoms with Gasteiger partial charge >= 0.3 is 0 Å². The second kappa shape index (κ2) is 8.24. The molecule has 2 aromatic carbocycles. The number of hydrogen-bond donors (Lipinski definition) is 2. The van der Waals surface area contributed by atoms with E-state index in [9.17, 15) is 4.79 Å². The molecule has 33 heavy (non-hydrogen) atoms. The second-order valence-electron chi connectivity index (χ2n) is 10.5. The Bertz CT molecular complexity index is 1130. The molecule has 0 unspecified atom stereocenters. The van der Waals surface area contributed by atoms with Crippen molar-refractivity contribution in [2.45, 2.75) is 51.5 Å². The number of aromatic nitrogens is 1. The van der Waals surface area contributed by atoms with Crippen LogP contribution in [0, 0.1) is 23.2 Å². The fourth-order valence-electron chi connectivity index (χ4n) is 7.01. The number of para-hydroxylation sites is 2. The van der Waals surface area contributed by atoms with E-state index in [0.717, 1.165) is 40.0 Å². The molecule has 0 atom stereocenters. The zero-order valence-electron chi connectivity index (χ0n) is 18.7. The van der Waals surface area contributed by atoms with Crippen LogP contribution in [0.1, 0.15) is 50.5 Å². The Morgan fingerprint density at radius 3 is 2.33 bits per heavy atom. The summed E-state index contributed by atoms with van der Waals surface area (Å²) in [5.74, 6) is 3.24. The summed E-state index contributed by atoms with van der Waals surface area (Å²) in [6.45, 7) is 0.560. The molecule has 7 rings (SSSR count). The predicted molar refractivity (Wildman–Crippen MR) is 132 cm³/mol. The third-order valence-corrected chi connectivity index (χ3v) is 8.15. The molecule has 4 bridgehead atoms. The van der Waals surface area contributed by atoms with Crippen molar-refractivity contribution in [1.29, 1.82) is 0 Å². The molecule has 1 heterocycles. The smallest absolute Gasteiger partial charge is 0.227 e. The quantitative estimate of drug-likeness (QED) is 0.487. The number of oxazole rings is 1. The average molecular weight is 460 g/mol. The van der Waals surface area contributed by atoms with E-state index in [1.165, 1.54) is 38.5 Å². The standard InChI is InChI=1S/C27H29N3O2S/c31-24(15-27-12-18-9-19(13-27)11-20(10-18)14-27)30-26(33)28-16-17-5-7-21(8-6-17)25-29-22-3-1-2-4-23(22)32-25/h1-8,18-20H,9-16H2,(H2,28,30,31,33). The van der Waals surface area contributed by atoms with Gasteiger partial charge in [-0.15, -0.1) is 0 Å². The summed E-state index contributed by atoms with van der Waals surface area (Å²) in [5.41, 5.74) is 3.88. The maximum atomic E-state index is 12.8. The van der Waals surface area contributed by atoms with E-state index in [-0.39, 0.29) is 11.3 Å². The Balaban J connectivity index is 1.02. The van der Waals surface area contributed by atoms with Crippen LogP contribution >= 0.6 is 12.2 Å². The van der Waals surface area contributed by atoms with Gasteiger partial charge < -0.3 is 15.1 Å². The predicted octanol–water partition coefficient (Wildman–Crippen LogP) is 5.59. The van der Waals surface area contributed by atoms with Crippen LogP contribution in [0.15, 0.2) is 52.9 Å². The highest BCUT2D eigenvalue weighted by Gasteiger charge is 2.51. The van der Waals surface area contributed by atoms with E-state index >= 15 is 0 Å². The molecule has 4 saturated carbocycles. The Labute approximate surface area is 199 Å². The van der Waals surface area contributed by atoms with Crippen LogP contribution in [0.4, 0.5) is 0 Å². The fraction of sp³-hybridized carbons (Fsp3) is 0.444. The number of carbonyl (C=O) groups is 1. The number of benzene rings is 2. The lowest BCUT2D eigenvalue weighted by Gasteiger charge is -2.56. The first-order chi connectivity index (χ1) is 16.0. The van der Waals surface area contributed by atoms with Crippen molar-refractivity contribution in [3.8, 4) is 11.5 Å². The lowest BCUT2D eigenvalue weighted by molar-refractivity contribution is -0.128. The zero-order valence-corrected chi connectivity index (χ0v) is 19.5. The Hall–Kier alpha value is -2.73. The van der Waals surface area contributed by atoms with Crippen LogP contribution in [-0.4, -0.2) is 16.0 Å². The number of nitrogens with one attached hydrogen (secondary N) is 2. The van der Waals surface area contributed by atoms with E-state index in [1.54, 1.807) is 0 Å². The van der Waals surface area contributed by atoms with E-state index in [2.05, 4.69) is 15.6 Å². The first-order valence-corrected chi connectivity index (χ1v) is 12.5. The molecule has 6 heteroatoms. The van der Waals surface area contributed by atoms with Gasteiger partial charge in [-0.25, -0.2) is 4.98 Å². The van der Waals surface area contributed by atoms with Crippen molar-refractivity contribution in [2.75, 3.05) is 0 Å². The lowest BCUT2D eigenvalue weighted by atomic mass is 9.49. The Kier molecular flexibility index (Phi) is 5.21. The van der Waals surface area contributed by atoms with Gasteiger partial charge in [-0.1, -0.05) is 24.3 Å².